The maximum Gasteiger partial charge on any atom is 0.257 e. The summed E-state index contributed by atoms with van der Waals surface area (Å²) in [5.41, 5.74) is 1.54. The lowest BCUT2D eigenvalue weighted by molar-refractivity contribution is 0.102. The molecule has 128 valence electrons. The summed E-state index contributed by atoms with van der Waals surface area (Å²) in [4.78, 5) is 17.5. The number of rotatable bonds is 6. The summed E-state index contributed by atoms with van der Waals surface area (Å²) < 4.78 is 18.3. The van der Waals surface area contributed by atoms with Crippen molar-refractivity contribution >= 4 is 22.4 Å². The number of nitrogens with zero attached hydrogens (tertiary/aromatic N) is 1. The van der Waals surface area contributed by atoms with Gasteiger partial charge in [-0.3, -0.25) is 10.1 Å². The summed E-state index contributed by atoms with van der Waals surface area (Å²) in [6.07, 6.45) is 2.37. The zero-order valence-corrected chi connectivity index (χ0v) is 14.5. The molecule has 0 bridgehead atoms. The number of nitrogens with one attached hydrogen (secondary N) is 1. The molecule has 4 nitrogen and oxygen atoms in total. The van der Waals surface area contributed by atoms with Crippen LogP contribution in [-0.4, -0.2) is 17.5 Å². The highest BCUT2D eigenvalue weighted by Gasteiger charge is 2.10. The van der Waals surface area contributed by atoms with Gasteiger partial charge in [0.15, 0.2) is 5.13 Å². The van der Waals surface area contributed by atoms with E-state index in [1.54, 1.807) is 42.6 Å². The van der Waals surface area contributed by atoms with Gasteiger partial charge in [-0.25, -0.2) is 9.37 Å². The van der Waals surface area contributed by atoms with Crippen molar-refractivity contribution in [1.82, 2.24) is 4.98 Å². The van der Waals surface area contributed by atoms with Gasteiger partial charge in [0.05, 0.1) is 6.61 Å². The number of carbonyl (C=O) groups is 1. The minimum absolute atomic E-state index is 0.217. The molecule has 0 aliphatic heterocycles. The van der Waals surface area contributed by atoms with Crippen LogP contribution in [0.3, 0.4) is 0 Å². The Hall–Kier alpha value is -2.73. The van der Waals surface area contributed by atoms with Crippen LogP contribution in [0.1, 0.15) is 27.7 Å². The predicted molar refractivity (Wildman–Crippen MR) is 96.9 cm³/mol. The molecule has 0 atom stereocenters. The molecule has 3 rings (SSSR count). The summed E-state index contributed by atoms with van der Waals surface area (Å²) in [5, 5.41) is 3.33. The fourth-order valence-corrected chi connectivity index (χ4v) is 3.13. The van der Waals surface area contributed by atoms with E-state index < -0.39 is 0 Å². The predicted octanol–water partition coefficient (Wildman–Crippen LogP) is 4.52. The quantitative estimate of drug-likeness (QED) is 0.706. The van der Waals surface area contributed by atoms with Crippen LogP contribution in [0.4, 0.5) is 9.52 Å². The monoisotopic (exact) mass is 356 g/mol. The van der Waals surface area contributed by atoms with E-state index in [2.05, 4.69) is 10.3 Å². The summed E-state index contributed by atoms with van der Waals surface area (Å²) in [6.45, 7) is 2.49. The van der Waals surface area contributed by atoms with E-state index in [9.17, 15) is 9.18 Å². The molecule has 1 amide bonds. The first-order valence-electron chi connectivity index (χ1n) is 7.87. The van der Waals surface area contributed by atoms with Crippen molar-refractivity contribution < 1.29 is 13.9 Å². The highest BCUT2D eigenvalue weighted by molar-refractivity contribution is 7.15. The van der Waals surface area contributed by atoms with Crippen molar-refractivity contribution in [2.45, 2.75) is 13.3 Å². The molecule has 6 heteroatoms. The molecule has 0 unspecified atom stereocenters. The van der Waals surface area contributed by atoms with Crippen molar-refractivity contribution in [3.8, 4) is 5.75 Å². The number of halogens is 1. The highest BCUT2D eigenvalue weighted by atomic mass is 32.1. The Kier molecular flexibility index (Phi) is 5.40. The van der Waals surface area contributed by atoms with Gasteiger partial charge >= 0.3 is 0 Å². The lowest BCUT2D eigenvalue weighted by atomic mass is 10.1. The Balaban J connectivity index is 1.62. The molecule has 0 spiro atoms. The standard InChI is InChI=1S/C19H17FN2O2S/c1-2-24-16-9-5-14(6-10-16)18(23)22-19-21-12-17(25-19)11-13-3-7-15(20)8-4-13/h3-10,12H,2,11H2,1H3,(H,21,22,23). The molecule has 0 radical (unpaired) electrons. The van der Waals surface area contributed by atoms with E-state index in [4.69, 9.17) is 4.74 Å². The minimum atomic E-state index is -0.253. The Bertz CT molecular complexity index is 845. The molecule has 0 saturated carbocycles. The normalized spacial score (nSPS) is 10.5. The maximum atomic E-state index is 12.9. The average Bonchev–Trinajstić information content (AvgIpc) is 3.05. The second kappa shape index (κ2) is 7.90. The second-order valence-electron chi connectivity index (χ2n) is 5.35. The second-order valence-corrected chi connectivity index (χ2v) is 6.46. The zero-order valence-electron chi connectivity index (χ0n) is 13.7. The van der Waals surface area contributed by atoms with E-state index in [1.165, 1.54) is 23.5 Å². The molecule has 1 N–H and O–H groups in total. The molecule has 0 aliphatic rings. The number of thiazole rings is 1. The lowest BCUT2D eigenvalue weighted by Gasteiger charge is -2.04. The molecule has 0 fully saturated rings. The van der Waals surface area contributed by atoms with Gasteiger partial charge in [-0.15, -0.1) is 11.3 Å². The fraction of sp³-hybridized carbons (Fsp3) is 0.158. The summed E-state index contributed by atoms with van der Waals surface area (Å²) in [6, 6.07) is 13.3. The van der Waals surface area contributed by atoms with Gasteiger partial charge in [-0.1, -0.05) is 12.1 Å². The third-order valence-electron chi connectivity index (χ3n) is 3.49. The van der Waals surface area contributed by atoms with E-state index in [-0.39, 0.29) is 11.7 Å². The Labute approximate surface area is 149 Å². The molecule has 3 aromatic rings. The SMILES string of the molecule is CCOc1ccc(C(=O)Nc2ncc(Cc3ccc(F)cc3)s2)cc1. The van der Waals surface area contributed by atoms with Crippen molar-refractivity contribution in [3.05, 3.63) is 76.5 Å². The topological polar surface area (TPSA) is 51.2 Å². The van der Waals surface area contributed by atoms with Crippen molar-refractivity contribution in [3.63, 3.8) is 0 Å². The van der Waals surface area contributed by atoms with Gasteiger partial charge in [-0.2, -0.15) is 0 Å². The Morgan fingerprint density at radius 1 is 1.16 bits per heavy atom. The number of hydrogen-bond donors (Lipinski definition) is 1. The van der Waals surface area contributed by atoms with Crippen molar-refractivity contribution in [2.75, 3.05) is 11.9 Å². The van der Waals surface area contributed by atoms with Crippen LogP contribution >= 0.6 is 11.3 Å². The molecular formula is C19H17FN2O2S. The largest absolute Gasteiger partial charge is 0.494 e. The van der Waals surface area contributed by atoms with Gasteiger partial charge in [-0.05, 0) is 48.9 Å². The minimum Gasteiger partial charge on any atom is -0.494 e. The average molecular weight is 356 g/mol. The molecule has 1 heterocycles. The Morgan fingerprint density at radius 2 is 1.88 bits per heavy atom. The number of amides is 1. The number of hydrogen-bond acceptors (Lipinski definition) is 4. The van der Waals surface area contributed by atoms with Crippen molar-refractivity contribution in [2.24, 2.45) is 0 Å². The number of carbonyl (C=O) groups excluding carboxylic acids is 1. The van der Waals surface area contributed by atoms with Gasteiger partial charge in [0, 0.05) is 23.1 Å². The third-order valence-corrected chi connectivity index (χ3v) is 4.41. The number of benzene rings is 2. The van der Waals surface area contributed by atoms with Crippen LogP contribution in [-0.2, 0) is 6.42 Å². The van der Waals surface area contributed by atoms with E-state index in [1.807, 2.05) is 6.92 Å². The van der Waals surface area contributed by atoms with Crippen LogP contribution in [0.5, 0.6) is 5.75 Å². The van der Waals surface area contributed by atoms with Crippen molar-refractivity contribution in [1.29, 1.82) is 0 Å². The molecule has 2 aromatic carbocycles. The van der Waals surface area contributed by atoms with Crippen LogP contribution in [0, 0.1) is 5.82 Å². The lowest BCUT2D eigenvalue weighted by Crippen LogP contribution is -2.11. The highest BCUT2D eigenvalue weighted by Crippen LogP contribution is 2.22. The van der Waals surface area contributed by atoms with Crippen LogP contribution in [0.2, 0.25) is 0 Å². The summed E-state index contributed by atoms with van der Waals surface area (Å²) in [7, 11) is 0. The maximum absolute atomic E-state index is 12.9. The van der Waals surface area contributed by atoms with Crippen LogP contribution < -0.4 is 10.1 Å². The summed E-state index contributed by atoms with van der Waals surface area (Å²) in [5.74, 6) is 0.261. The van der Waals surface area contributed by atoms with Gasteiger partial charge in [0.2, 0.25) is 0 Å². The smallest absolute Gasteiger partial charge is 0.257 e. The number of ether oxygens (including phenoxy) is 1. The van der Waals surface area contributed by atoms with Crippen LogP contribution in [0.15, 0.2) is 54.7 Å². The molecule has 1 aromatic heterocycles. The third kappa shape index (κ3) is 4.64. The van der Waals surface area contributed by atoms with Gasteiger partial charge < -0.3 is 4.74 Å². The molecule has 0 aliphatic carbocycles. The zero-order chi connectivity index (χ0) is 17.6. The molecule has 25 heavy (non-hydrogen) atoms. The Morgan fingerprint density at radius 3 is 2.56 bits per heavy atom. The van der Waals surface area contributed by atoms with E-state index in [0.29, 0.717) is 23.7 Å². The first kappa shape index (κ1) is 17.1. The van der Waals surface area contributed by atoms with Gasteiger partial charge in [0.1, 0.15) is 11.6 Å². The van der Waals surface area contributed by atoms with Gasteiger partial charge in [0.25, 0.3) is 5.91 Å². The first-order valence-corrected chi connectivity index (χ1v) is 8.69. The fourth-order valence-electron chi connectivity index (χ4n) is 2.29. The van der Waals surface area contributed by atoms with E-state index >= 15 is 0 Å². The first-order chi connectivity index (χ1) is 12.1. The molecule has 0 saturated heterocycles. The van der Waals surface area contributed by atoms with E-state index in [0.717, 1.165) is 16.2 Å². The number of aromatic nitrogens is 1. The van der Waals surface area contributed by atoms with Crippen LogP contribution in [0.25, 0.3) is 0 Å². The molecular weight excluding hydrogens is 339 g/mol. The summed E-state index contributed by atoms with van der Waals surface area (Å²) >= 11 is 1.40. The number of anilines is 1.